The number of hydrogen-bond donors (Lipinski definition) is 1. The molecular formula is C10H15BrN2. The summed E-state index contributed by atoms with van der Waals surface area (Å²) in [5.41, 5.74) is 1.07. The highest BCUT2D eigenvalue weighted by Crippen LogP contribution is 2.18. The van der Waals surface area contributed by atoms with Gasteiger partial charge in [-0.25, -0.2) is 4.98 Å². The number of aromatic nitrogens is 1. The van der Waals surface area contributed by atoms with E-state index in [1.807, 2.05) is 19.1 Å². The van der Waals surface area contributed by atoms with Crippen LogP contribution in [0.15, 0.2) is 16.6 Å². The molecule has 0 aromatic carbocycles. The SMILES string of the molecule is Cc1cc(Br)cc(NC(C)(C)C)n1. The van der Waals surface area contributed by atoms with Crippen LogP contribution in [0.4, 0.5) is 5.82 Å². The Balaban J connectivity index is 2.90. The lowest BCUT2D eigenvalue weighted by atomic mass is 10.1. The Kier molecular flexibility index (Phi) is 2.96. The zero-order valence-electron chi connectivity index (χ0n) is 8.48. The third-order valence-corrected chi connectivity index (χ3v) is 1.88. The zero-order chi connectivity index (χ0) is 10.1. The maximum Gasteiger partial charge on any atom is 0.127 e. The molecule has 1 rings (SSSR count). The van der Waals surface area contributed by atoms with Gasteiger partial charge in [-0.05, 0) is 39.8 Å². The highest BCUT2D eigenvalue weighted by Gasteiger charge is 2.10. The minimum atomic E-state index is 0.0558. The van der Waals surface area contributed by atoms with Crippen LogP contribution < -0.4 is 5.32 Å². The summed E-state index contributed by atoms with van der Waals surface area (Å²) < 4.78 is 1.06. The number of aryl methyl sites for hydroxylation is 1. The average molecular weight is 243 g/mol. The molecule has 0 aliphatic heterocycles. The Hall–Kier alpha value is -0.570. The van der Waals surface area contributed by atoms with Gasteiger partial charge >= 0.3 is 0 Å². The molecule has 1 N–H and O–H groups in total. The molecule has 0 fully saturated rings. The fourth-order valence-corrected chi connectivity index (χ4v) is 1.62. The molecule has 0 unspecified atom stereocenters. The van der Waals surface area contributed by atoms with Gasteiger partial charge < -0.3 is 5.32 Å². The van der Waals surface area contributed by atoms with Crippen LogP contribution in [0, 0.1) is 6.92 Å². The molecule has 0 atom stereocenters. The van der Waals surface area contributed by atoms with Crippen LogP contribution in [0.5, 0.6) is 0 Å². The Bertz CT molecular complexity index is 282. The minimum Gasteiger partial charge on any atom is -0.365 e. The highest BCUT2D eigenvalue weighted by atomic mass is 79.9. The topological polar surface area (TPSA) is 24.9 Å². The van der Waals surface area contributed by atoms with Crippen LogP contribution in [0.25, 0.3) is 0 Å². The van der Waals surface area contributed by atoms with Crippen molar-refractivity contribution in [2.24, 2.45) is 0 Å². The molecule has 72 valence electrons. The third-order valence-electron chi connectivity index (χ3n) is 1.42. The summed E-state index contributed by atoms with van der Waals surface area (Å²) in [6.07, 6.45) is 0. The van der Waals surface area contributed by atoms with Crippen molar-refractivity contribution >= 4 is 21.7 Å². The first-order chi connectivity index (χ1) is 5.87. The van der Waals surface area contributed by atoms with E-state index in [0.717, 1.165) is 16.0 Å². The van der Waals surface area contributed by atoms with Crippen LogP contribution in [-0.4, -0.2) is 10.5 Å². The van der Waals surface area contributed by atoms with Gasteiger partial charge in [0.25, 0.3) is 0 Å². The minimum absolute atomic E-state index is 0.0558. The van der Waals surface area contributed by atoms with E-state index in [2.05, 4.69) is 47.0 Å². The van der Waals surface area contributed by atoms with Crippen LogP contribution in [0.1, 0.15) is 26.5 Å². The molecule has 0 saturated carbocycles. The molecule has 3 heteroatoms. The molecule has 0 bridgehead atoms. The van der Waals surface area contributed by atoms with Gasteiger partial charge in [0.1, 0.15) is 5.82 Å². The van der Waals surface area contributed by atoms with Gasteiger partial charge in [0.15, 0.2) is 0 Å². The summed E-state index contributed by atoms with van der Waals surface area (Å²) in [6, 6.07) is 3.98. The van der Waals surface area contributed by atoms with Crippen molar-refractivity contribution in [3.05, 3.63) is 22.3 Å². The van der Waals surface area contributed by atoms with E-state index in [4.69, 9.17) is 0 Å². The molecule has 0 saturated heterocycles. The van der Waals surface area contributed by atoms with E-state index >= 15 is 0 Å². The van der Waals surface area contributed by atoms with E-state index in [9.17, 15) is 0 Å². The first kappa shape index (κ1) is 10.5. The molecule has 0 radical (unpaired) electrons. The first-order valence-electron chi connectivity index (χ1n) is 4.29. The number of rotatable bonds is 1. The second kappa shape index (κ2) is 3.66. The molecule has 0 amide bonds. The number of pyridine rings is 1. The molecule has 1 aromatic heterocycles. The predicted octanol–water partition coefficient (Wildman–Crippen LogP) is 3.36. The van der Waals surface area contributed by atoms with E-state index in [0.29, 0.717) is 0 Å². The molecular weight excluding hydrogens is 228 g/mol. The van der Waals surface area contributed by atoms with Crippen molar-refractivity contribution in [3.8, 4) is 0 Å². The van der Waals surface area contributed by atoms with Gasteiger partial charge in [-0.15, -0.1) is 0 Å². The van der Waals surface area contributed by atoms with E-state index in [1.165, 1.54) is 0 Å². The predicted molar refractivity (Wildman–Crippen MR) is 60.0 cm³/mol. The Morgan fingerprint density at radius 1 is 1.31 bits per heavy atom. The maximum absolute atomic E-state index is 4.38. The Morgan fingerprint density at radius 2 is 1.92 bits per heavy atom. The fraction of sp³-hybridized carbons (Fsp3) is 0.500. The van der Waals surface area contributed by atoms with Gasteiger partial charge in [0.2, 0.25) is 0 Å². The average Bonchev–Trinajstić information content (AvgIpc) is 1.78. The number of hydrogen-bond acceptors (Lipinski definition) is 2. The standard InChI is InChI=1S/C10H15BrN2/c1-7-5-8(11)6-9(12-7)13-10(2,3)4/h5-6H,1-4H3,(H,12,13). The second-order valence-electron chi connectivity index (χ2n) is 4.19. The number of anilines is 1. The highest BCUT2D eigenvalue weighted by molar-refractivity contribution is 9.10. The molecule has 0 aliphatic carbocycles. The summed E-state index contributed by atoms with van der Waals surface area (Å²) in [5.74, 6) is 0.916. The van der Waals surface area contributed by atoms with Crippen LogP contribution >= 0.6 is 15.9 Å². The maximum atomic E-state index is 4.38. The summed E-state index contributed by atoms with van der Waals surface area (Å²) >= 11 is 3.44. The second-order valence-corrected chi connectivity index (χ2v) is 5.10. The van der Waals surface area contributed by atoms with Gasteiger partial charge in [-0.1, -0.05) is 15.9 Å². The molecule has 0 spiro atoms. The lowest BCUT2D eigenvalue weighted by Crippen LogP contribution is -2.26. The van der Waals surface area contributed by atoms with Gasteiger partial charge in [-0.2, -0.15) is 0 Å². The molecule has 13 heavy (non-hydrogen) atoms. The van der Waals surface area contributed by atoms with E-state index in [-0.39, 0.29) is 5.54 Å². The van der Waals surface area contributed by atoms with Crippen molar-refractivity contribution in [2.75, 3.05) is 5.32 Å². The van der Waals surface area contributed by atoms with Crippen molar-refractivity contribution in [1.29, 1.82) is 0 Å². The van der Waals surface area contributed by atoms with Gasteiger partial charge in [-0.3, -0.25) is 0 Å². The quantitative estimate of drug-likeness (QED) is 0.817. The van der Waals surface area contributed by atoms with Gasteiger partial charge in [0, 0.05) is 15.7 Å². The molecule has 1 heterocycles. The van der Waals surface area contributed by atoms with Gasteiger partial charge in [0.05, 0.1) is 0 Å². The molecule has 0 aliphatic rings. The Morgan fingerprint density at radius 3 is 2.38 bits per heavy atom. The van der Waals surface area contributed by atoms with Crippen LogP contribution in [0.3, 0.4) is 0 Å². The number of halogens is 1. The van der Waals surface area contributed by atoms with Crippen LogP contribution in [-0.2, 0) is 0 Å². The summed E-state index contributed by atoms with van der Waals surface area (Å²) in [6.45, 7) is 8.33. The van der Waals surface area contributed by atoms with Crippen molar-refractivity contribution in [3.63, 3.8) is 0 Å². The summed E-state index contributed by atoms with van der Waals surface area (Å²) in [7, 11) is 0. The fourth-order valence-electron chi connectivity index (χ4n) is 1.07. The lowest BCUT2D eigenvalue weighted by Gasteiger charge is -2.21. The van der Waals surface area contributed by atoms with Crippen LogP contribution in [0.2, 0.25) is 0 Å². The Labute approximate surface area is 87.9 Å². The largest absolute Gasteiger partial charge is 0.365 e. The summed E-state index contributed by atoms with van der Waals surface area (Å²) in [5, 5.41) is 3.32. The number of nitrogens with zero attached hydrogens (tertiary/aromatic N) is 1. The normalized spacial score (nSPS) is 11.5. The molecule has 2 nitrogen and oxygen atoms in total. The zero-order valence-corrected chi connectivity index (χ0v) is 10.1. The van der Waals surface area contributed by atoms with Crippen molar-refractivity contribution in [1.82, 2.24) is 4.98 Å². The van der Waals surface area contributed by atoms with E-state index < -0.39 is 0 Å². The van der Waals surface area contributed by atoms with Crippen molar-refractivity contribution < 1.29 is 0 Å². The summed E-state index contributed by atoms with van der Waals surface area (Å²) in [4.78, 5) is 4.38. The first-order valence-corrected chi connectivity index (χ1v) is 5.08. The van der Waals surface area contributed by atoms with E-state index in [1.54, 1.807) is 0 Å². The lowest BCUT2D eigenvalue weighted by molar-refractivity contribution is 0.630. The molecule has 1 aromatic rings. The van der Waals surface area contributed by atoms with Crippen molar-refractivity contribution in [2.45, 2.75) is 33.2 Å². The smallest absolute Gasteiger partial charge is 0.127 e. The number of nitrogens with one attached hydrogen (secondary N) is 1. The third kappa shape index (κ3) is 3.77. The monoisotopic (exact) mass is 242 g/mol.